The number of nitrogens with zero attached hydrogens (tertiary/aromatic N) is 1. The lowest BCUT2D eigenvalue weighted by atomic mass is 10.1. The van der Waals surface area contributed by atoms with Gasteiger partial charge in [-0.2, -0.15) is 0 Å². The molecule has 1 N–H and O–H groups in total. The van der Waals surface area contributed by atoms with Gasteiger partial charge in [0.25, 0.3) is 11.7 Å². The first-order valence-corrected chi connectivity index (χ1v) is 6.47. The van der Waals surface area contributed by atoms with E-state index in [2.05, 4.69) is 5.32 Å². The van der Waals surface area contributed by atoms with Crippen molar-refractivity contribution in [3.63, 3.8) is 0 Å². The fourth-order valence-electron chi connectivity index (χ4n) is 2.03. The van der Waals surface area contributed by atoms with Crippen molar-refractivity contribution in [1.29, 1.82) is 0 Å². The highest BCUT2D eigenvalue weighted by Gasteiger charge is 2.36. The molecule has 2 amide bonds. The highest BCUT2D eigenvalue weighted by Crippen LogP contribution is 2.29. The molecule has 1 aromatic rings. The minimum absolute atomic E-state index is 0.137. The molecule has 0 bridgehead atoms. The van der Waals surface area contributed by atoms with Gasteiger partial charge in [-0.1, -0.05) is 13.3 Å². The van der Waals surface area contributed by atoms with E-state index >= 15 is 0 Å². The van der Waals surface area contributed by atoms with Gasteiger partial charge in [0, 0.05) is 6.54 Å². The predicted octanol–water partition coefficient (Wildman–Crippen LogP) is 1.27. The van der Waals surface area contributed by atoms with Gasteiger partial charge in [0.15, 0.2) is 0 Å². The normalized spacial score (nSPS) is 13.6. The second-order valence-electron chi connectivity index (χ2n) is 4.59. The van der Waals surface area contributed by atoms with E-state index in [0.29, 0.717) is 6.54 Å². The molecule has 1 aliphatic rings. The second kappa shape index (κ2) is 5.81. The number of rotatable bonds is 5. The summed E-state index contributed by atoms with van der Waals surface area (Å²) in [7, 11) is 0. The van der Waals surface area contributed by atoms with E-state index in [0.717, 1.165) is 29.9 Å². The highest BCUT2D eigenvalue weighted by atomic mass is 19.1. The van der Waals surface area contributed by atoms with E-state index in [-0.39, 0.29) is 23.7 Å². The standard InChI is InChI=1S/C14H15FN2O3/c1-2-3-6-16-12(18)8-17-11-7-9(15)4-5-10(11)13(19)14(17)20/h4-5,7H,2-3,6,8H2,1H3,(H,16,18). The number of hydrogen-bond donors (Lipinski definition) is 1. The molecule has 0 aromatic heterocycles. The first kappa shape index (κ1) is 14.2. The Balaban J connectivity index is 2.13. The maximum Gasteiger partial charge on any atom is 0.299 e. The molecule has 0 aliphatic carbocycles. The zero-order chi connectivity index (χ0) is 14.7. The minimum Gasteiger partial charge on any atom is -0.355 e. The van der Waals surface area contributed by atoms with E-state index in [1.165, 1.54) is 6.07 Å². The van der Waals surface area contributed by atoms with Gasteiger partial charge in [0.1, 0.15) is 12.4 Å². The summed E-state index contributed by atoms with van der Waals surface area (Å²) in [4.78, 5) is 36.3. The molecule has 0 saturated heterocycles. The molecule has 5 nitrogen and oxygen atoms in total. The molecule has 1 heterocycles. The summed E-state index contributed by atoms with van der Waals surface area (Å²) in [5.41, 5.74) is 0.295. The Bertz CT molecular complexity index is 572. The number of nitrogens with one attached hydrogen (secondary N) is 1. The van der Waals surface area contributed by atoms with E-state index in [4.69, 9.17) is 0 Å². The molecule has 0 spiro atoms. The summed E-state index contributed by atoms with van der Waals surface area (Å²) in [6.07, 6.45) is 1.78. The molecule has 6 heteroatoms. The molecule has 0 fully saturated rings. The Morgan fingerprint density at radius 1 is 1.35 bits per heavy atom. The van der Waals surface area contributed by atoms with Crippen LogP contribution in [0.15, 0.2) is 18.2 Å². The van der Waals surface area contributed by atoms with Gasteiger partial charge < -0.3 is 5.32 Å². The summed E-state index contributed by atoms with van der Waals surface area (Å²) in [6.45, 7) is 2.24. The van der Waals surface area contributed by atoms with Gasteiger partial charge in [-0.15, -0.1) is 0 Å². The first-order chi connectivity index (χ1) is 9.54. The van der Waals surface area contributed by atoms with Crippen LogP contribution in [-0.2, 0) is 9.59 Å². The van der Waals surface area contributed by atoms with Gasteiger partial charge >= 0.3 is 0 Å². The number of anilines is 1. The van der Waals surface area contributed by atoms with Crippen molar-refractivity contribution in [2.75, 3.05) is 18.0 Å². The Kier molecular flexibility index (Phi) is 4.12. The number of Topliss-reactive ketones (excluding diaryl/α,β-unsaturated/α-hetero) is 1. The van der Waals surface area contributed by atoms with Crippen molar-refractivity contribution in [3.8, 4) is 0 Å². The van der Waals surface area contributed by atoms with Crippen LogP contribution in [0.1, 0.15) is 30.1 Å². The number of benzene rings is 1. The van der Waals surface area contributed by atoms with Gasteiger partial charge in [0.05, 0.1) is 11.3 Å². The summed E-state index contributed by atoms with van der Waals surface area (Å²) >= 11 is 0. The van der Waals surface area contributed by atoms with Crippen LogP contribution in [0.25, 0.3) is 0 Å². The molecule has 1 aliphatic heterocycles. The van der Waals surface area contributed by atoms with Crippen molar-refractivity contribution >= 4 is 23.3 Å². The van der Waals surface area contributed by atoms with Crippen LogP contribution in [-0.4, -0.2) is 30.7 Å². The van der Waals surface area contributed by atoms with Crippen LogP contribution in [0.3, 0.4) is 0 Å². The number of ketones is 1. The van der Waals surface area contributed by atoms with Crippen LogP contribution < -0.4 is 10.2 Å². The first-order valence-electron chi connectivity index (χ1n) is 6.47. The van der Waals surface area contributed by atoms with Crippen LogP contribution in [0, 0.1) is 5.82 Å². The highest BCUT2D eigenvalue weighted by molar-refractivity contribution is 6.52. The molecule has 0 unspecified atom stereocenters. The van der Waals surface area contributed by atoms with Crippen LogP contribution in [0.2, 0.25) is 0 Å². The lowest BCUT2D eigenvalue weighted by molar-refractivity contribution is -0.122. The summed E-state index contributed by atoms with van der Waals surface area (Å²) in [6, 6.07) is 3.48. The average molecular weight is 278 g/mol. The Morgan fingerprint density at radius 2 is 2.10 bits per heavy atom. The molecule has 0 radical (unpaired) electrons. The Hall–Kier alpha value is -2.24. The van der Waals surface area contributed by atoms with Gasteiger partial charge in [-0.3, -0.25) is 19.3 Å². The molecule has 20 heavy (non-hydrogen) atoms. The monoisotopic (exact) mass is 278 g/mol. The third-order valence-corrected chi connectivity index (χ3v) is 3.09. The lowest BCUT2D eigenvalue weighted by Crippen LogP contribution is -2.40. The van der Waals surface area contributed by atoms with Gasteiger partial charge in [0.2, 0.25) is 5.91 Å². The second-order valence-corrected chi connectivity index (χ2v) is 4.59. The Labute approximate surface area is 115 Å². The number of hydrogen-bond acceptors (Lipinski definition) is 3. The van der Waals surface area contributed by atoms with E-state index in [1.807, 2.05) is 6.92 Å². The summed E-state index contributed by atoms with van der Waals surface area (Å²) in [5.74, 6) is -2.42. The largest absolute Gasteiger partial charge is 0.355 e. The van der Waals surface area contributed by atoms with Gasteiger partial charge in [-0.25, -0.2) is 4.39 Å². The van der Waals surface area contributed by atoms with E-state index < -0.39 is 17.5 Å². The molecule has 1 aromatic carbocycles. The fraction of sp³-hybridized carbons (Fsp3) is 0.357. The maximum absolute atomic E-state index is 13.2. The average Bonchev–Trinajstić information content (AvgIpc) is 2.64. The SMILES string of the molecule is CCCCNC(=O)CN1C(=O)C(=O)c2ccc(F)cc21. The van der Waals surface area contributed by atoms with E-state index in [9.17, 15) is 18.8 Å². The quantitative estimate of drug-likeness (QED) is 0.651. The van der Waals surface area contributed by atoms with Crippen LogP contribution >= 0.6 is 0 Å². The summed E-state index contributed by atoms with van der Waals surface area (Å²) in [5, 5.41) is 2.65. The summed E-state index contributed by atoms with van der Waals surface area (Å²) < 4.78 is 13.2. The maximum atomic E-state index is 13.2. The van der Waals surface area contributed by atoms with Crippen LogP contribution in [0.4, 0.5) is 10.1 Å². The molecular weight excluding hydrogens is 263 g/mol. The molecule has 106 valence electrons. The number of halogens is 1. The van der Waals surface area contributed by atoms with Crippen molar-refractivity contribution < 1.29 is 18.8 Å². The fourth-order valence-corrected chi connectivity index (χ4v) is 2.03. The zero-order valence-corrected chi connectivity index (χ0v) is 11.1. The Morgan fingerprint density at radius 3 is 2.80 bits per heavy atom. The molecule has 0 atom stereocenters. The number of carbonyl (C=O) groups is 3. The molecule has 0 saturated carbocycles. The van der Waals surface area contributed by atoms with Crippen molar-refractivity contribution in [2.24, 2.45) is 0 Å². The minimum atomic E-state index is -0.795. The molecule has 2 rings (SSSR count). The van der Waals surface area contributed by atoms with E-state index in [1.54, 1.807) is 0 Å². The lowest BCUT2D eigenvalue weighted by Gasteiger charge is -2.16. The number of fused-ring (bicyclic) bond motifs is 1. The van der Waals surface area contributed by atoms with Crippen molar-refractivity contribution in [2.45, 2.75) is 19.8 Å². The third kappa shape index (κ3) is 2.68. The molecular formula is C14H15FN2O3. The number of carbonyl (C=O) groups excluding carboxylic acids is 3. The van der Waals surface area contributed by atoms with Crippen molar-refractivity contribution in [3.05, 3.63) is 29.6 Å². The van der Waals surface area contributed by atoms with Gasteiger partial charge in [-0.05, 0) is 24.6 Å². The predicted molar refractivity (Wildman–Crippen MR) is 71.0 cm³/mol. The topological polar surface area (TPSA) is 66.5 Å². The van der Waals surface area contributed by atoms with Crippen LogP contribution in [0.5, 0.6) is 0 Å². The smallest absolute Gasteiger partial charge is 0.299 e. The zero-order valence-electron chi connectivity index (χ0n) is 11.1. The van der Waals surface area contributed by atoms with Crippen molar-refractivity contribution in [1.82, 2.24) is 5.32 Å². The third-order valence-electron chi connectivity index (χ3n) is 3.09. The number of unbranched alkanes of at least 4 members (excludes halogenated alkanes) is 1. The number of amides is 2.